The van der Waals surface area contributed by atoms with Crippen LogP contribution in [-0.4, -0.2) is 38.6 Å². The Morgan fingerprint density at radius 1 is 1.33 bits per heavy atom. The van der Waals surface area contributed by atoms with Crippen LogP contribution in [0.2, 0.25) is 0 Å². The molecule has 2 aromatic heterocycles. The van der Waals surface area contributed by atoms with Gasteiger partial charge in [-0.05, 0) is 39.5 Å². The van der Waals surface area contributed by atoms with Gasteiger partial charge < -0.3 is 14.4 Å². The van der Waals surface area contributed by atoms with Gasteiger partial charge in [0.25, 0.3) is 0 Å². The summed E-state index contributed by atoms with van der Waals surface area (Å²) in [5.41, 5.74) is 2.98. The maximum Gasteiger partial charge on any atom is 0.226 e. The summed E-state index contributed by atoms with van der Waals surface area (Å²) < 4.78 is 7.50. The quantitative estimate of drug-likeness (QED) is 0.844. The van der Waals surface area contributed by atoms with E-state index in [2.05, 4.69) is 26.9 Å². The number of carbonyl (C=O) groups is 1. The monoisotopic (exact) mass is 371 g/mol. The summed E-state index contributed by atoms with van der Waals surface area (Å²) in [6, 6.07) is 0.194. The summed E-state index contributed by atoms with van der Waals surface area (Å²) in [6.07, 6.45) is 6.21. The average Bonchev–Trinajstić information content (AvgIpc) is 3.14. The fourth-order valence-electron chi connectivity index (χ4n) is 4.01. The van der Waals surface area contributed by atoms with E-state index in [0.717, 1.165) is 54.7 Å². The maximum absolute atomic E-state index is 12.2. The van der Waals surface area contributed by atoms with Gasteiger partial charge in [-0.3, -0.25) is 9.69 Å². The van der Waals surface area contributed by atoms with E-state index in [1.807, 2.05) is 20.0 Å². The number of carbonyl (C=O) groups excluding carboxylic acids is 1. The number of hydrogen-bond acceptors (Lipinski definition) is 5. The highest BCUT2D eigenvalue weighted by molar-refractivity contribution is 5.78. The molecule has 0 spiro atoms. The molecule has 1 aliphatic carbocycles. The number of nitrogens with zero attached hydrogens (tertiary/aromatic N) is 4. The van der Waals surface area contributed by atoms with Crippen LogP contribution in [-0.2, 0) is 24.3 Å². The molecule has 7 heteroatoms. The lowest BCUT2D eigenvalue weighted by molar-refractivity contribution is -0.120. The molecular weight excluding hydrogens is 342 g/mol. The highest BCUT2D eigenvalue weighted by Crippen LogP contribution is 2.28. The van der Waals surface area contributed by atoms with Gasteiger partial charge in [-0.2, -0.15) is 0 Å². The highest BCUT2D eigenvalue weighted by atomic mass is 16.5. The number of imidazole rings is 1. The SMILES string of the molecule is Cc1noc(C)c1CN1CCn2cc(CC(=O)NCC3CCC3)nc2[C@H]1C. The third-order valence-corrected chi connectivity index (χ3v) is 6.10. The van der Waals surface area contributed by atoms with E-state index in [9.17, 15) is 4.79 Å². The molecule has 27 heavy (non-hydrogen) atoms. The molecule has 2 aromatic rings. The molecule has 7 nitrogen and oxygen atoms in total. The first-order valence-electron chi connectivity index (χ1n) is 9.99. The molecule has 1 N–H and O–H groups in total. The van der Waals surface area contributed by atoms with Crippen molar-refractivity contribution < 1.29 is 9.32 Å². The number of amides is 1. The van der Waals surface area contributed by atoms with E-state index in [-0.39, 0.29) is 11.9 Å². The van der Waals surface area contributed by atoms with Crippen LogP contribution >= 0.6 is 0 Å². The zero-order valence-electron chi connectivity index (χ0n) is 16.5. The second-order valence-corrected chi connectivity index (χ2v) is 8.01. The molecule has 1 atom stereocenters. The molecule has 0 aromatic carbocycles. The number of fused-ring (bicyclic) bond motifs is 1. The first-order valence-corrected chi connectivity index (χ1v) is 9.99. The second-order valence-electron chi connectivity index (χ2n) is 8.01. The van der Waals surface area contributed by atoms with E-state index in [4.69, 9.17) is 9.51 Å². The summed E-state index contributed by atoms with van der Waals surface area (Å²) in [4.78, 5) is 19.4. The zero-order chi connectivity index (χ0) is 19.0. The van der Waals surface area contributed by atoms with Crippen LogP contribution in [0.1, 0.15) is 60.8 Å². The molecule has 1 fully saturated rings. The lowest BCUT2D eigenvalue weighted by Crippen LogP contribution is -2.36. The molecule has 1 amide bonds. The van der Waals surface area contributed by atoms with Crippen LogP contribution in [0.3, 0.4) is 0 Å². The smallest absolute Gasteiger partial charge is 0.226 e. The van der Waals surface area contributed by atoms with Crippen molar-refractivity contribution in [3.05, 3.63) is 34.7 Å². The largest absolute Gasteiger partial charge is 0.361 e. The van der Waals surface area contributed by atoms with Crippen LogP contribution in [0, 0.1) is 19.8 Å². The molecule has 1 aliphatic heterocycles. The van der Waals surface area contributed by atoms with Gasteiger partial charge in [-0.1, -0.05) is 11.6 Å². The molecule has 2 aliphatic rings. The number of rotatable bonds is 6. The molecule has 0 saturated heterocycles. The summed E-state index contributed by atoms with van der Waals surface area (Å²) in [5.74, 6) is 2.69. The number of hydrogen-bond donors (Lipinski definition) is 1. The minimum atomic E-state index is 0.0811. The summed E-state index contributed by atoms with van der Waals surface area (Å²) >= 11 is 0. The number of aromatic nitrogens is 3. The van der Waals surface area contributed by atoms with Crippen molar-refractivity contribution >= 4 is 5.91 Å². The zero-order valence-corrected chi connectivity index (χ0v) is 16.5. The van der Waals surface area contributed by atoms with Crippen molar-refractivity contribution in [2.24, 2.45) is 5.92 Å². The lowest BCUT2D eigenvalue weighted by Gasteiger charge is -2.33. The second kappa shape index (κ2) is 7.46. The van der Waals surface area contributed by atoms with Gasteiger partial charge in [-0.25, -0.2) is 4.98 Å². The van der Waals surface area contributed by atoms with Crippen molar-refractivity contribution in [1.29, 1.82) is 0 Å². The minimum absolute atomic E-state index is 0.0811. The van der Waals surface area contributed by atoms with Gasteiger partial charge in [-0.15, -0.1) is 0 Å². The van der Waals surface area contributed by atoms with E-state index in [1.165, 1.54) is 19.3 Å². The Labute approximate surface area is 160 Å². The normalized spacial score (nSPS) is 20.3. The summed E-state index contributed by atoms with van der Waals surface area (Å²) in [7, 11) is 0. The van der Waals surface area contributed by atoms with E-state index < -0.39 is 0 Å². The van der Waals surface area contributed by atoms with Crippen LogP contribution in [0.5, 0.6) is 0 Å². The Balaban J connectivity index is 1.39. The molecule has 1 saturated carbocycles. The maximum atomic E-state index is 12.2. The Hall–Kier alpha value is -2.15. The van der Waals surface area contributed by atoms with Crippen molar-refractivity contribution in [3.8, 4) is 0 Å². The predicted molar refractivity (Wildman–Crippen MR) is 101 cm³/mol. The van der Waals surface area contributed by atoms with E-state index in [0.29, 0.717) is 12.3 Å². The van der Waals surface area contributed by atoms with Gasteiger partial charge >= 0.3 is 0 Å². The Morgan fingerprint density at radius 2 is 2.15 bits per heavy atom. The first kappa shape index (κ1) is 18.2. The predicted octanol–water partition coefficient (Wildman–Crippen LogP) is 2.52. The van der Waals surface area contributed by atoms with E-state index >= 15 is 0 Å². The van der Waals surface area contributed by atoms with Gasteiger partial charge in [0.1, 0.15) is 11.6 Å². The van der Waals surface area contributed by atoms with Crippen LogP contribution in [0.25, 0.3) is 0 Å². The first-order chi connectivity index (χ1) is 13.0. The molecule has 0 unspecified atom stereocenters. The molecule has 4 rings (SSSR count). The summed E-state index contributed by atoms with van der Waals surface area (Å²) in [6.45, 7) is 9.59. The van der Waals surface area contributed by atoms with Crippen LogP contribution < -0.4 is 5.32 Å². The van der Waals surface area contributed by atoms with Gasteiger partial charge in [0.2, 0.25) is 5.91 Å². The molecule has 3 heterocycles. The van der Waals surface area contributed by atoms with Crippen molar-refractivity contribution in [2.75, 3.05) is 13.1 Å². The lowest BCUT2D eigenvalue weighted by atomic mass is 9.85. The highest BCUT2D eigenvalue weighted by Gasteiger charge is 2.28. The molecule has 0 bridgehead atoms. The fourth-order valence-corrected chi connectivity index (χ4v) is 4.01. The third kappa shape index (κ3) is 3.78. The van der Waals surface area contributed by atoms with Crippen molar-refractivity contribution in [3.63, 3.8) is 0 Å². The molecule has 146 valence electrons. The third-order valence-electron chi connectivity index (χ3n) is 6.10. The average molecular weight is 371 g/mol. The van der Waals surface area contributed by atoms with E-state index in [1.54, 1.807) is 0 Å². The van der Waals surface area contributed by atoms with Crippen molar-refractivity contribution in [2.45, 2.75) is 65.6 Å². The Bertz CT molecular complexity index is 801. The van der Waals surface area contributed by atoms with Gasteiger partial charge in [0.05, 0.1) is 23.9 Å². The summed E-state index contributed by atoms with van der Waals surface area (Å²) in [5, 5.41) is 7.12. The molecular formula is C20H29N5O2. The molecule has 0 radical (unpaired) electrons. The minimum Gasteiger partial charge on any atom is -0.361 e. The Kier molecular flexibility index (Phi) is 5.04. The number of nitrogens with one attached hydrogen (secondary N) is 1. The number of aryl methyl sites for hydroxylation is 2. The topological polar surface area (TPSA) is 76.2 Å². The fraction of sp³-hybridized carbons (Fsp3) is 0.650. The van der Waals surface area contributed by atoms with Crippen molar-refractivity contribution in [1.82, 2.24) is 24.9 Å². The van der Waals surface area contributed by atoms with Crippen LogP contribution in [0.4, 0.5) is 0 Å². The standard InChI is InChI=1S/C20H29N5O2/c1-13-18(15(3)27-23-13)12-24-7-8-25-11-17(22-20(25)14(24)2)9-19(26)21-10-16-5-4-6-16/h11,14,16H,4-10,12H2,1-3H3,(H,21,26)/t14-/m1/s1. The van der Waals surface area contributed by atoms with Gasteiger partial charge in [0, 0.05) is 37.9 Å². The van der Waals surface area contributed by atoms with Gasteiger partial charge in [0.15, 0.2) is 0 Å². The Morgan fingerprint density at radius 3 is 2.81 bits per heavy atom. The van der Waals surface area contributed by atoms with Crippen LogP contribution in [0.15, 0.2) is 10.7 Å².